The smallest absolute Gasteiger partial charge is 0.319 e. The normalized spacial score (nSPS) is 20.9. The van der Waals surface area contributed by atoms with Gasteiger partial charge in [-0.05, 0) is 98.4 Å². The van der Waals surface area contributed by atoms with Gasteiger partial charge in [-0.1, -0.05) is 57.0 Å². The van der Waals surface area contributed by atoms with Crippen molar-refractivity contribution in [1.82, 2.24) is 45.5 Å². The average Bonchev–Trinajstić information content (AvgIpc) is 4.42. The quantitative estimate of drug-likeness (QED) is 0.0672. The molecule has 7 aromatic rings. The lowest BCUT2D eigenvalue weighted by atomic mass is 9.81. The maximum Gasteiger partial charge on any atom is 0.319 e. The summed E-state index contributed by atoms with van der Waals surface area (Å²) in [5.74, 6) is 0.233. The molecule has 4 aromatic heterocycles. The number of amides is 2. The minimum absolute atomic E-state index is 0.0124. The molecular formula is C59H64F2N10O7S. The Morgan fingerprint density at radius 1 is 1.01 bits per heavy atom. The van der Waals surface area contributed by atoms with Crippen molar-refractivity contribution >= 4 is 50.6 Å². The molecule has 17 nitrogen and oxygen atoms in total. The Bertz CT molecular complexity index is 3460. The zero-order chi connectivity index (χ0) is 55.3. The highest BCUT2D eigenvalue weighted by atomic mass is 32.1. The summed E-state index contributed by atoms with van der Waals surface area (Å²) in [4.78, 5) is 53.6. The van der Waals surface area contributed by atoms with Crippen LogP contribution in [0.25, 0.3) is 43.4 Å². The van der Waals surface area contributed by atoms with Gasteiger partial charge in [0.1, 0.15) is 47.2 Å². The van der Waals surface area contributed by atoms with Gasteiger partial charge in [0.25, 0.3) is 5.88 Å². The topological polar surface area (TPSA) is 204 Å². The molecule has 20 heteroatoms. The molecule has 4 N–H and O–H groups in total. The van der Waals surface area contributed by atoms with Crippen molar-refractivity contribution in [3.8, 4) is 51.7 Å². The number of β-amino-alcohol motifs (C(OH)–C–C–N with tert-alkyl or cyclic N) is 1. The van der Waals surface area contributed by atoms with Crippen LogP contribution >= 0.6 is 11.3 Å². The highest BCUT2D eigenvalue weighted by Gasteiger charge is 2.44. The zero-order valence-corrected chi connectivity index (χ0v) is 45.7. The third kappa shape index (κ3) is 10.9. The van der Waals surface area contributed by atoms with Gasteiger partial charge >= 0.3 is 6.01 Å². The number of aliphatic hydroxyl groups is 1. The second kappa shape index (κ2) is 22.1. The summed E-state index contributed by atoms with van der Waals surface area (Å²) in [6.45, 7) is 13.9. The molecule has 4 aliphatic rings. The number of carbonyl (C=O) groups excluding carboxylic acids is 2. The van der Waals surface area contributed by atoms with Gasteiger partial charge in [-0.2, -0.15) is 9.97 Å². The number of phenols is 1. The van der Waals surface area contributed by atoms with E-state index < -0.39 is 29.7 Å². The van der Waals surface area contributed by atoms with Gasteiger partial charge in [-0.3, -0.25) is 19.5 Å². The minimum Gasteiger partial charge on any atom is -0.508 e. The van der Waals surface area contributed by atoms with Gasteiger partial charge in [0, 0.05) is 73.3 Å². The molecular weight excluding hydrogens is 1030 g/mol. The standard InChI is InChI=1S/C59H64F2N10O7S/c1-7-42-45(60)15-12-37-22-40(72)23-43(50(37)42)52-51(61)53-44(26-62-52)55(70-27-38-13-14-39(28-70)65-38)67-58(66-53)76-21-20-69-18-16-59(6,17-19-69)30-77-48-25-47(78-68-48)49(32(2)3)57(75)71-29-41(73)24-46(71)56(74)64-33(4)35-8-10-36(11-9-35)54-34(5)63-31-79-54/h1,8-12,15,22-23,25-26,31-33,38-39,41,46,49,65,72-73H,13-14,16-21,24,27-30H2,2-6H3,(H,64,74)/t33?,38?,39?,41-,46+,49?/m1/s1. The Hall–Kier alpha value is -7.31. The number of anilines is 1. The fraction of sp³-hybridized carbons (Fsp3) is 0.441. The van der Waals surface area contributed by atoms with Crippen molar-refractivity contribution in [2.75, 3.05) is 57.4 Å². The lowest BCUT2D eigenvalue weighted by Gasteiger charge is -2.38. The van der Waals surface area contributed by atoms with Crippen LogP contribution in [0.1, 0.15) is 94.3 Å². The second-order valence-corrected chi connectivity index (χ2v) is 23.2. The third-order valence-corrected chi connectivity index (χ3v) is 17.2. The Kier molecular flexibility index (Phi) is 15.0. The predicted molar refractivity (Wildman–Crippen MR) is 296 cm³/mol. The Labute approximate surface area is 460 Å². The van der Waals surface area contributed by atoms with Gasteiger partial charge in [0.05, 0.1) is 45.8 Å². The van der Waals surface area contributed by atoms with Gasteiger partial charge in [0.15, 0.2) is 11.6 Å². The number of pyridine rings is 1. The van der Waals surface area contributed by atoms with E-state index >= 15 is 8.78 Å². The van der Waals surface area contributed by atoms with Crippen molar-refractivity contribution in [1.29, 1.82) is 0 Å². The minimum atomic E-state index is -0.867. The molecule has 4 saturated heterocycles. The van der Waals surface area contributed by atoms with E-state index in [0.717, 1.165) is 60.5 Å². The Morgan fingerprint density at radius 2 is 1.77 bits per heavy atom. The average molecular weight is 1100 g/mol. The number of hydrogen-bond acceptors (Lipinski definition) is 16. The summed E-state index contributed by atoms with van der Waals surface area (Å²) in [6.07, 6.45) is 10.2. The number of piperidine rings is 1. The molecule has 2 bridgehead atoms. The first-order valence-electron chi connectivity index (χ1n) is 27.1. The van der Waals surface area contributed by atoms with Gasteiger partial charge in [-0.25, -0.2) is 13.8 Å². The predicted octanol–water partition coefficient (Wildman–Crippen LogP) is 8.31. The number of aromatic hydroxyl groups is 1. The first-order chi connectivity index (χ1) is 38.0. The van der Waals surface area contributed by atoms with Crippen LogP contribution in [0.5, 0.6) is 17.6 Å². The highest BCUT2D eigenvalue weighted by Crippen LogP contribution is 2.41. The number of rotatable bonds is 16. The number of ether oxygens (including phenoxy) is 2. The molecule has 11 rings (SSSR count). The van der Waals surface area contributed by atoms with Crippen LogP contribution in [-0.4, -0.2) is 134 Å². The number of nitrogens with zero attached hydrogens (tertiary/aromatic N) is 8. The van der Waals surface area contributed by atoms with Crippen molar-refractivity contribution in [2.24, 2.45) is 11.3 Å². The summed E-state index contributed by atoms with van der Waals surface area (Å²) < 4.78 is 50.5. The number of aryl methyl sites for hydroxylation is 1. The number of hydrogen-bond donors (Lipinski definition) is 4. The van der Waals surface area contributed by atoms with E-state index in [4.69, 9.17) is 25.4 Å². The number of phenolic OH excluding ortho intramolecular Hbond substituents is 1. The second-order valence-electron chi connectivity index (χ2n) is 22.3. The third-order valence-electron chi connectivity index (χ3n) is 16.3. The fourth-order valence-corrected chi connectivity index (χ4v) is 12.6. The van der Waals surface area contributed by atoms with Crippen molar-refractivity contribution < 1.29 is 42.6 Å². The summed E-state index contributed by atoms with van der Waals surface area (Å²) in [6, 6.07) is 14.4. The molecule has 2 amide bonds. The summed E-state index contributed by atoms with van der Waals surface area (Å²) in [5.41, 5.74) is 4.45. The molecule has 8 heterocycles. The lowest BCUT2D eigenvalue weighted by Crippen LogP contribution is -2.51. The molecule has 4 unspecified atom stereocenters. The van der Waals surface area contributed by atoms with Crippen molar-refractivity contribution in [3.05, 3.63) is 101 Å². The molecule has 6 atom stereocenters. The first kappa shape index (κ1) is 53.7. The number of halogens is 2. The van der Waals surface area contributed by atoms with E-state index in [-0.39, 0.29) is 106 Å². The molecule has 0 aliphatic carbocycles. The summed E-state index contributed by atoms with van der Waals surface area (Å²) in [5, 5.41) is 33.5. The molecule has 79 heavy (non-hydrogen) atoms. The number of likely N-dealkylation sites (tertiary alicyclic amines) is 2. The van der Waals surface area contributed by atoms with Crippen LogP contribution in [-0.2, 0) is 9.59 Å². The molecule has 0 radical (unpaired) electrons. The van der Waals surface area contributed by atoms with Gasteiger partial charge in [-0.15, -0.1) is 17.8 Å². The lowest BCUT2D eigenvalue weighted by molar-refractivity contribution is -0.141. The van der Waals surface area contributed by atoms with E-state index in [2.05, 4.69) is 53.4 Å². The number of benzene rings is 3. The molecule has 0 saturated carbocycles. The van der Waals surface area contributed by atoms with Crippen LogP contribution in [0, 0.1) is 42.2 Å². The molecule has 412 valence electrons. The molecule has 4 fully saturated rings. The fourth-order valence-electron chi connectivity index (χ4n) is 11.8. The van der Waals surface area contributed by atoms with Crippen LogP contribution in [0.2, 0.25) is 0 Å². The van der Waals surface area contributed by atoms with E-state index in [9.17, 15) is 19.8 Å². The monoisotopic (exact) mass is 1090 g/mol. The summed E-state index contributed by atoms with van der Waals surface area (Å²) in [7, 11) is 0. The number of fused-ring (bicyclic) bond motifs is 4. The maximum atomic E-state index is 17.1. The van der Waals surface area contributed by atoms with E-state index in [1.54, 1.807) is 17.4 Å². The SMILES string of the molecule is C#Cc1c(F)ccc2cc(O)cc(-c3ncc4c(N5CC6CCC(C5)N6)nc(OCCN5CCC(C)(COc6cc(C(C(=O)N7C[C@H](O)C[C@H]7C(=O)NC(C)c7ccc(-c8scnc8C)cc7)C(C)C)on6)CC5)nc4c3F)c12. The number of aliphatic hydroxyl groups excluding tert-OH is 1. The van der Waals surface area contributed by atoms with Gasteiger partial charge in [0.2, 0.25) is 11.8 Å². The van der Waals surface area contributed by atoms with Crippen LogP contribution in [0.15, 0.2) is 70.8 Å². The summed E-state index contributed by atoms with van der Waals surface area (Å²) >= 11 is 1.58. The number of aromatic nitrogens is 5. The van der Waals surface area contributed by atoms with Crippen molar-refractivity contribution in [3.63, 3.8) is 0 Å². The first-order valence-corrected chi connectivity index (χ1v) is 27.9. The van der Waals surface area contributed by atoms with E-state index in [0.29, 0.717) is 48.6 Å². The Balaban J connectivity index is 0.716. The van der Waals surface area contributed by atoms with Crippen LogP contribution in [0.3, 0.4) is 0 Å². The molecule has 4 aliphatic heterocycles. The van der Waals surface area contributed by atoms with Gasteiger partial charge < -0.3 is 44.6 Å². The zero-order valence-electron chi connectivity index (χ0n) is 44.8. The number of thiazole rings is 1. The number of terminal acetylenes is 1. The van der Waals surface area contributed by atoms with Crippen molar-refractivity contribution in [2.45, 2.75) is 103 Å². The largest absolute Gasteiger partial charge is 0.508 e. The highest BCUT2D eigenvalue weighted by molar-refractivity contribution is 7.13. The maximum absolute atomic E-state index is 17.1. The molecule has 0 spiro atoms. The van der Waals surface area contributed by atoms with Crippen LogP contribution < -0.4 is 25.0 Å². The molecule has 3 aromatic carbocycles. The number of piperazine rings is 1. The van der Waals surface area contributed by atoms with E-state index in [1.165, 1.54) is 35.4 Å². The number of carbonyl (C=O) groups is 2. The van der Waals surface area contributed by atoms with E-state index in [1.807, 2.05) is 57.5 Å². The Morgan fingerprint density at radius 3 is 2.48 bits per heavy atom. The number of nitrogens with one attached hydrogen (secondary N) is 2. The van der Waals surface area contributed by atoms with Crippen LogP contribution in [0.4, 0.5) is 14.6 Å².